The molecule has 1 aliphatic heterocycles. The van der Waals surface area contributed by atoms with E-state index in [0.29, 0.717) is 5.56 Å². The third kappa shape index (κ3) is 3.87. The molecule has 1 aliphatic rings. The van der Waals surface area contributed by atoms with Crippen molar-refractivity contribution in [2.45, 2.75) is 19.8 Å². The Hall–Kier alpha value is -3.25. The minimum absolute atomic E-state index is 0.0366. The monoisotopic (exact) mass is 375 g/mol. The van der Waals surface area contributed by atoms with E-state index >= 15 is 0 Å². The highest BCUT2D eigenvalue weighted by molar-refractivity contribution is 5.97. The minimum Gasteiger partial charge on any atom is -0.381 e. The first-order valence-corrected chi connectivity index (χ1v) is 9.29. The van der Waals surface area contributed by atoms with Crippen LogP contribution in [0.25, 0.3) is 28.0 Å². The van der Waals surface area contributed by atoms with E-state index in [-0.39, 0.29) is 5.78 Å². The van der Waals surface area contributed by atoms with Crippen LogP contribution in [0.15, 0.2) is 65.6 Å². The highest BCUT2D eigenvalue weighted by Crippen LogP contribution is 2.24. The van der Waals surface area contributed by atoms with Gasteiger partial charge in [0.2, 0.25) is 0 Å². The number of benzene rings is 2. The highest BCUT2D eigenvalue weighted by Gasteiger charge is 2.09. The molecule has 1 saturated heterocycles. The number of nitrogens with zero attached hydrogens (tertiary/aromatic N) is 3. The van der Waals surface area contributed by atoms with Gasteiger partial charge >= 0.3 is 0 Å². The van der Waals surface area contributed by atoms with Crippen molar-refractivity contribution in [2.75, 3.05) is 13.2 Å². The second-order valence-electron chi connectivity index (χ2n) is 6.63. The number of Topliss-reactive ketones (excluding diaryl/α,β-unsaturated/α-hetero) is 1. The van der Waals surface area contributed by atoms with Crippen LogP contribution >= 0.6 is 0 Å². The van der Waals surface area contributed by atoms with Crippen LogP contribution in [0.2, 0.25) is 0 Å². The van der Waals surface area contributed by atoms with Crippen LogP contribution in [0.5, 0.6) is 0 Å². The van der Waals surface area contributed by atoms with Crippen LogP contribution in [0.3, 0.4) is 0 Å². The van der Waals surface area contributed by atoms with Gasteiger partial charge in [0.1, 0.15) is 18.3 Å². The third-order valence-electron chi connectivity index (χ3n) is 4.64. The Morgan fingerprint density at radius 1 is 1.07 bits per heavy atom. The second kappa shape index (κ2) is 8.19. The molecule has 6 nitrogen and oxygen atoms in total. The summed E-state index contributed by atoms with van der Waals surface area (Å²) >= 11 is 0. The number of fused-ring (bicyclic) bond motifs is 1. The number of rotatable bonds is 3. The zero-order valence-electron chi connectivity index (χ0n) is 15.7. The lowest BCUT2D eigenvalue weighted by molar-refractivity contribution is 0.101. The van der Waals surface area contributed by atoms with Crippen molar-refractivity contribution in [3.63, 3.8) is 0 Å². The summed E-state index contributed by atoms with van der Waals surface area (Å²) < 4.78 is 11.8. The maximum atomic E-state index is 11.5. The van der Waals surface area contributed by atoms with Gasteiger partial charge in [-0.15, -0.1) is 0 Å². The summed E-state index contributed by atoms with van der Waals surface area (Å²) in [6, 6.07) is 15.4. The van der Waals surface area contributed by atoms with E-state index in [9.17, 15) is 4.79 Å². The number of ketones is 1. The fraction of sp³-hybridized carbons (Fsp3) is 0.227. The Morgan fingerprint density at radius 3 is 2.61 bits per heavy atom. The predicted molar refractivity (Wildman–Crippen MR) is 107 cm³/mol. The maximum Gasteiger partial charge on any atom is 0.159 e. The molecular formula is C22H21N3O3. The molecule has 2 aromatic carbocycles. The molecular weight excluding hydrogens is 354 g/mol. The summed E-state index contributed by atoms with van der Waals surface area (Å²) in [4.78, 5) is 15.9. The molecule has 0 bridgehead atoms. The number of carbonyl (C=O) groups is 1. The zero-order chi connectivity index (χ0) is 19.3. The summed E-state index contributed by atoms with van der Waals surface area (Å²) in [6.07, 6.45) is 5.87. The highest BCUT2D eigenvalue weighted by atomic mass is 16.5. The van der Waals surface area contributed by atoms with Crippen molar-refractivity contribution in [3.8, 4) is 16.9 Å². The van der Waals surface area contributed by atoms with Crippen molar-refractivity contribution >= 4 is 16.8 Å². The molecule has 6 heteroatoms. The summed E-state index contributed by atoms with van der Waals surface area (Å²) in [5.74, 6) is 0.0366. The topological polar surface area (TPSA) is 70.2 Å². The fourth-order valence-corrected chi connectivity index (χ4v) is 3.12. The van der Waals surface area contributed by atoms with Gasteiger partial charge in [0.25, 0.3) is 0 Å². The molecule has 0 aliphatic carbocycles. The van der Waals surface area contributed by atoms with E-state index in [0.717, 1.165) is 41.2 Å². The van der Waals surface area contributed by atoms with Gasteiger partial charge in [-0.1, -0.05) is 17.3 Å². The molecule has 0 spiro atoms. The average molecular weight is 375 g/mol. The number of ether oxygens (including phenoxy) is 1. The number of aromatic nitrogens is 3. The fourth-order valence-electron chi connectivity index (χ4n) is 3.12. The molecule has 0 unspecified atom stereocenters. The van der Waals surface area contributed by atoms with E-state index in [1.54, 1.807) is 19.5 Å². The molecule has 0 amide bonds. The van der Waals surface area contributed by atoms with Crippen LogP contribution in [-0.2, 0) is 4.74 Å². The average Bonchev–Trinajstić information content (AvgIpc) is 3.51. The summed E-state index contributed by atoms with van der Waals surface area (Å²) in [5.41, 5.74) is 5.15. The number of hydrogen-bond acceptors (Lipinski definition) is 5. The standard InChI is InChI=1S/C18H13N3O2.C4H8O/c1-12(22)13-5-6-18-17(10-13)19-11-21(18)15-4-2-3-14(9-15)16-7-8-23-20-16;1-2-4-5-3-1/h2-11H,1H3;1-4H2. The maximum absolute atomic E-state index is 11.5. The van der Waals surface area contributed by atoms with E-state index in [2.05, 4.69) is 10.1 Å². The Balaban J connectivity index is 0.000000336. The van der Waals surface area contributed by atoms with E-state index in [4.69, 9.17) is 9.26 Å². The molecule has 0 saturated carbocycles. The van der Waals surface area contributed by atoms with Gasteiger partial charge in [0.05, 0.1) is 11.0 Å². The Morgan fingerprint density at radius 2 is 1.93 bits per heavy atom. The Kier molecular flexibility index (Phi) is 5.30. The molecule has 4 aromatic rings. The third-order valence-corrected chi connectivity index (χ3v) is 4.64. The molecule has 142 valence electrons. The summed E-state index contributed by atoms with van der Waals surface area (Å²) in [7, 11) is 0. The van der Waals surface area contributed by atoms with Gasteiger partial charge in [-0.25, -0.2) is 4.98 Å². The first kappa shape index (κ1) is 18.1. The quantitative estimate of drug-likeness (QED) is 0.486. The van der Waals surface area contributed by atoms with Crippen molar-refractivity contribution < 1.29 is 14.1 Å². The van der Waals surface area contributed by atoms with Crippen LogP contribution in [0.4, 0.5) is 0 Å². The minimum atomic E-state index is 0.0366. The Labute approximate surface area is 162 Å². The first-order valence-electron chi connectivity index (χ1n) is 9.29. The Bertz CT molecular complexity index is 1070. The predicted octanol–water partition coefficient (Wildman–Crippen LogP) is 4.68. The molecule has 28 heavy (non-hydrogen) atoms. The lowest BCUT2D eigenvalue weighted by atomic mass is 10.1. The van der Waals surface area contributed by atoms with Gasteiger partial charge in [-0.2, -0.15) is 0 Å². The molecule has 0 atom stereocenters. The summed E-state index contributed by atoms with van der Waals surface area (Å²) in [5, 5.41) is 3.96. The second-order valence-corrected chi connectivity index (χ2v) is 6.63. The van der Waals surface area contributed by atoms with Crippen molar-refractivity contribution in [3.05, 3.63) is 66.7 Å². The van der Waals surface area contributed by atoms with E-state index in [1.807, 2.05) is 53.1 Å². The lowest BCUT2D eigenvalue weighted by Gasteiger charge is -2.06. The smallest absolute Gasteiger partial charge is 0.159 e. The number of carbonyl (C=O) groups excluding carboxylic acids is 1. The normalized spacial score (nSPS) is 13.3. The lowest BCUT2D eigenvalue weighted by Crippen LogP contribution is -1.94. The van der Waals surface area contributed by atoms with Crippen molar-refractivity contribution in [1.82, 2.24) is 14.7 Å². The van der Waals surface area contributed by atoms with Gasteiger partial charge in [-0.05, 0) is 50.1 Å². The van der Waals surface area contributed by atoms with Gasteiger partial charge < -0.3 is 9.26 Å². The molecule has 2 aromatic heterocycles. The number of hydrogen-bond donors (Lipinski definition) is 0. The first-order chi connectivity index (χ1) is 13.7. The van der Waals surface area contributed by atoms with Gasteiger partial charge in [0.15, 0.2) is 5.78 Å². The molecule has 1 fully saturated rings. The van der Waals surface area contributed by atoms with Crippen LogP contribution in [-0.4, -0.2) is 33.7 Å². The molecule has 0 N–H and O–H groups in total. The number of imidazole rings is 1. The van der Waals surface area contributed by atoms with E-state index in [1.165, 1.54) is 12.8 Å². The van der Waals surface area contributed by atoms with Crippen LogP contribution in [0, 0.1) is 0 Å². The van der Waals surface area contributed by atoms with Crippen LogP contribution < -0.4 is 0 Å². The van der Waals surface area contributed by atoms with Gasteiger partial charge in [-0.3, -0.25) is 9.36 Å². The molecule has 5 rings (SSSR count). The molecule has 0 radical (unpaired) electrons. The van der Waals surface area contributed by atoms with Gasteiger partial charge in [0, 0.05) is 36.1 Å². The zero-order valence-corrected chi connectivity index (χ0v) is 15.7. The van der Waals surface area contributed by atoms with Crippen LogP contribution in [0.1, 0.15) is 30.1 Å². The molecule has 3 heterocycles. The van der Waals surface area contributed by atoms with Crippen molar-refractivity contribution in [1.29, 1.82) is 0 Å². The SMILES string of the molecule is C1CCOC1.CC(=O)c1ccc2c(c1)ncn2-c1cccc(-c2ccon2)c1. The summed E-state index contributed by atoms with van der Waals surface area (Å²) in [6.45, 7) is 3.56. The largest absolute Gasteiger partial charge is 0.381 e. The van der Waals surface area contributed by atoms with E-state index < -0.39 is 0 Å². The van der Waals surface area contributed by atoms with Crippen molar-refractivity contribution in [2.24, 2.45) is 0 Å².